The van der Waals surface area contributed by atoms with Gasteiger partial charge in [-0.2, -0.15) is 5.26 Å². The molecule has 0 aliphatic carbocycles. The summed E-state index contributed by atoms with van der Waals surface area (Å²) in [5, 5.41) is 11.5. The van der Waals surface area contributed by atoms with Crippen molar-refractivity contribution in [3.63, 3.8) is 0 Å². The molecule has 1 aromatic carbocycles. The Morgan fingerprint density at radius 3 is 2.86 bits per heavy atom. The Morgan fingerprint density at radius 2 is 2.29 bits per heavy atom. The molecule has 1 amide bonds. The highest BCUT2D eigenvalue weighted by Gasteiger charge is 2.20. The first-order chi connectivity index (χ1) is 10.0. The van der Waals surface area contributed by atoms with E-state index in [-0.39, 0.29) is 11.9 Å². The smallest absolute Gasteiger partial charge is 0.241 e. The predicted molar refractivity (Wildman–Crippen MR) is 83.0 cm³/mol. The number of likely N-dealkylation sites (N-methyl/N-ethyl adjacent to an activating group) is 1. The molecule has 0 heterocycles. The molecule has 0 aliphatic rings. The molecule has 0 aromatic heterocycles. The number of benzene rings is 1. The Bertz CT molecular complexity index is 525. The van der Waals surface area contributed by atoms with E-state index in [4.69, 9.17) is 15.7 Å². The number of rotatable bonds is 7. The van der Waals surface area contributed by atoms with E-state index in [1.54, 1.807) is 18.2 Å². The van der Waals surface area contributed by atoms with E-state index < -0.39 is 0 Å². The van der Waals surface area contributed by atoms with E-state index in [0.29, 0.717) is 36.6 Å². The number of hydrogen-bond donors (Lipinski definition) is 2. The van der Waals surface area contributed by atoms with Crippen molar-refractivity contribution < 1.29 is 9.53 Å². The fourth-order valence-electron chi connectivity index (χ4n) is 2.05. The summed E-state index contributed by atoms with van der Waals surface area (Å²) in [5.41, 5.74) is 6.83. The number of hydrogen-bond acceptors (Lipinski definition) is 5. The van der Waals surface area contributed by atoms with Crippen LogP contribution in [-0.2, 0) is 4.79 Å². The van der Waals surface area contributed by atoms with Gasteiger partial charge in [0.2, 0.25) is 5.91 Å². The van der Waals surface area contributed by atoms with Crippen LogP contribution < -0.4 is 15.8 Å². The van der Waals surface area contributed by atoms with Crippen molar-refractivity contribution in [1.29, 1.82) is 5.26 Å². The summed E-state index contributed by atoms with van der Waals surface area (Å²) in [6.07, 6.45) is 0.396. The standard InChI is InChI=1S/C15H22N4O2/c1-4-19(9-5-8-16)11(2)15(20)18-13-10-12(17)6-7-14(13)21-3/h6-7,10-11H,4-5,9,17H2,1-3H3,(H,18,20). The number of nitrogens with one attached hydrogen (secondary N) is 1. The lowest BCUT2D eigenvalue weighted by Crippen LogP contribution is -2.42. The zero-order valence-corrected chi connectivity index (χ0v) is 12.7. The fraction of sp³-hybridized carbons (Fsp3) is 0.467. The van der Waals surface area contributed by atoms with Gasteiger partial charge in [0.1, 0.15) is 5.75 Å². The van der Waals surface area contributed by atoms with E-state index in [1.807, 2.05) is 18.7 Å². The first-order valence-corrected chi connectivity index (χ1v) is 6.88. The quantitative estimate of drug-likeness (QED) is 0.748. The van der Waals surface area contributed by atoms with Gasteiger partial charge in [0.05, 0.1) is 24.9 Å². The number of methoxy groups -OCH3 is 1. The molecule has 114 valence electrons. The van der Waals surface area contributed by atoms with Crippen LogP contribution in [0.2, 0.25) is 0 Å². The summed E-state index contributed by atoms with van der Waals surface area (Å²) < 4.78 is 5.21. The molecule has 1 aromatic rings. The van der Waals surface area contributed by atoms with E-state index in [0.717, 1.165) is 0 Å². The summed E-state index contributed by atoms with van der Waals surface area (Å²) in [4.78, 5) is 14.3. The molecule has 0 spiro atoms. The Labute approximate surface area is 125 Å². The van der Waals surface area contributed by atoms with Gasteiger partial charge in [0.15, 0.2) is 0 Å². The van der Waals surface area contributed by atoms with Crippen LogP contribution in [0.25, 0.3) is 0 Å². The van der Waals surface area contributed by atoms with Crippen molar-refractivity contribution in [2.45, 2.75) is 26.3 Å². The maximum absolute atomic E-state index is 12.3. The third kappa shape index (κ3) is 4.65. The maximum Gasteiger partial charge on any atom is 0.241 e. The van der Waals surface area contributed by atoms with Crippen LogP contribution in [0.3, 0.4) is 0 Å². The number of nitrogen functional groups attached to an aromatic ring is 1. The highest BCUT2D eigenvalue weighted by atomic mass is 16.5. The van der Waals surface area contributed by atoms with Crippen LogP contribution in [0, 0.1) is 11.3 Å². The molecule has 6 heteroatoms. The first-order valence-electron chi connectivity index (χ1n) is 6.88. The van der Waals surface area contributed by atoms with Gasteiger partial charge in [0, 0.05) is 18.7 Å². The minimum absolute atomic E-state index is 0.154. The molecule has 0 saturated carbocycles. The molecule has 1 atom stereocenters. The van der Waals surface area contributed by atoms with Gasteiger partial charge >= 0.3 is 0 Å². The minimum atomic E-state index is -0.338. The highest BCUT2D eigenvalue weighted by molar-refractivity contribution is 5.96. The molecule has 0 bridgehead atoms. The molecule has 1 rings (SSSR count). The Kier molecular flexibility index (Phi) is 6.50. The van der Waals surface area contributed by atoms with Crippen molar-refractivity contribution in [2.75, 3.05) is 31.2 Å². The van der Waals surface area contributed by atoms with E-state index >= 15 is 0 Å². The molecule has 21 heavy (non-hydrogen) atoms. The van der Waals surface area contributed by atoms with Crippen LogP contribution >= 0.6 is 0 Å². The summed E-state index contributed by atoms with van der Waals surface area (Å²) in [6.45, 7) is 5.04. The molecule has 0 radical (unpaired) electrons. The lowest BCUT2D eigenvalue weighted by Gasteiger charge is -2.26. The van der Waals surface area contributed by atoms with Crippen molar-refractivity contribution in [1.82, 2.24) is 4.90 Å². The molecule has 0 fully saturated rings. The third-order valence-corrected chi connectivity index (χ3v) is 3.33. The summed E-state index contributed by atoms with van der Waals surface area (Å²) in [7, 11) is 1.54. The van der Waals surface area contributed by atoms with Crippen LogP contribution in [-0.4, -0.2) is 37.0 Å². The van der Waals surface area contributed by atoms with Gasteiger partial charge in [-0.1, -0.05) is 6.92 Å². The fourth-order valence-corrected chi connectivity index (χ4v) is 2.05. The van der Waals surface area contributed by atoms with Crippen LogP contribution in [0.15, 0.2) is 18.2 Å². The number of nitriles is 1. The molecule has 1 unspecified atom stereocenters. The van der Waals surface area contributed by atoms with Gasteiger partial charge in [0.25, 0.3) is 0 Å². The van der Waals surface area contributed by atoms with Gasteiger partial charge in [-0.05, 0) is 31.7 Å². The van der Waals surface area contributed by atoms with Crippen molar-refractivity contribution in [3.05, 3.63) is 18.2 Å². The zero-order chi connectivity index (χ0) is 15.8. The van der Waals surface area contributed by atoms with E-state index in [1.165, 1.54) is 7.11 Å². The van der Waals surface area contributed by atoms with Crippen molar-refractivity contribution in [2.24, 2.45) is 0 Å². The molecular formula is C15H22N4O2. The van der Waals surface area contributed by atoms with Gasteiger partial charge in [-0.25, -0.2) is 0 Å². The maximum atomic E-state index is 12.3. The Balaban J connectivity index is 2.80. The predicted octanol–water partition coefficient (Wildman–Crippen LogP) is 1.84. The number of ether oxygens (including phenoxy) is 1. The second-order valence-corrected chi connectivity index (χ2v) is 4.66. The van der Waals surface area contributed by atoms with Crippen LogP contribution in [0.4, 0.5) is 11.4 Å². The Morgan fingerprint density at radius 1 is 1.57 bits per heavy atom. The normalized spacial score (nSPS) is 11.8. The number of nitrogens with zero attached hydrogens (tertiary/aromatic N) is 2. The third-order valence-electron chi connectivity index (χ3n) is 3.33. The average molecular weight is 290 g/mol. The largest absolute Gasteiger partial charge is 0.495 e. The topological polar surface area (TPSA) is 91.4 Å². The van der Waals surface area contributed by atoms with E-state index in [2.05, 4.69) is 11.4 Å². The number of amides is 1. The summed E-state index contributed by atoms with van der Waals surface area (Å²) in [6, 6.07) is 6.84. The molecule has 0 aliphatic heterocycles. The lowest BCUT2D eigenvalue weighted by molar-refractivity contribution is -0.120. The number of nitrogens with two attached hydrogens (primary N) is 1. The average Bonchev–Trinajstić information content (AvgIpc) is 2.48. The SMILES string of the molecule is CCN(CCC#N)C(C)C(=O)Nc1cc(N)ccc1OC. The van der Waals surface area contributed by atoms with Crippen LogP contribution in [0.1, 0.15) is 20.3 Å². The second-order valence-electron chi connectivity index (χ2n) is 4.66. The van der Waals surface area contributed by atoms with Crippen LogP contribution in [0.5, 0.6) is 5.75 Å². The lowest BCUT2D eigenvalue weighted by atomic mass is 10.2. The van der Waals surface area contributed by atoms with Gasteiger partial charge < -0.3 is 15.8 Å². The highest BCUT2D eigenvalue weighted by Crippen LogP contribution is 2.26. The minimum Gasteiger partial charge on any atom is -0.495 e. The molecule has 0 saturated heterocycles. The zero-order valence-electron chi connectivity index (χ0n) is 12.7. The first kappa shape index (κ1) is 16.8. The van der Waals surface area contributed by atoms with Crippen molar-refractivity contribution >= 4 is 17.3 Å². The number of carbonyl (C=O) groups excluding carboxylic acids is 1. The summed E-state index contributed by atoms with van der Waals surface area (Å²) >= 11 is 0. The summed E-state index contributed by atoms with van der Waals surface area (Å²) in [5.74, 6) is 0.406. The van der Waals surface area contributed by atoms with E-state index in [9.17, 15) is 4.79 Å². The molecular weight excluding hydrogens is 268 g/mol. The number of carbonyl (C=O) groups is 1. The molecule has 3 N–H and O–H groups in total. The monoisotopic (exact) mass is 290 g/mol. The number of anilines is 2. The van der Waals surface area contributed by atoms with Gasteiger partial charge in [-0.3, -0.25) is 9.69 Å². The molecule has 6 nitrogen and oxygen atoms in total. The second kappa shape index (κ2) is 8.12. The van der Waals surface area contributed by atoms with Gasteiger partial charge in [-0.15, -0.1) is 0 Å². The Hall–Kier alpha value is -2.26. The van der Waals surface area contributed by atoms with Crippen molar-refractivity contribution in [3.8, 4) is 11.8 Å².